The van der Waals surface area contributed by atoms with E-state index in [0.717, 1.165) is 43.4 Å². The zero-order chi connectivity index (χ0) is 20.5. The fourth-order valence-corrected chi connectivity index (χ4v) is 4.46. The maximum Gasteiger partial charge on any atom is 0.137 e. The molecule has 1 saturated heterocycles. The first-order valence-electron chi connectivity index (χ1n) is 10.5. The first kappa shape index (κ1) is 20.0. The molecule has 0 aliphatic carbocycles. The molecule has 3 aromatic carbocycles. The molecule has 29 heavy (non-hydrogen) atoms. The molecule has 2 atom stereocenters. The molecule has 2 unspecified atom stereocenters. The Hall–Kier alpha value is -2.26. The van der Waals surface area contributed by atoms with Crippen LogP contribution in [-0.2, 0) is 17.6 Å². The van der Waals surface area contributed by atoms with Crippen LogP contribution in [-0.4, -0.2) is 12.7 Å². The average molecular weight is 395 g/mol. The SMILES string of the molecule is Cc1ccc(CC2CCC(Cc3cc(C)c4c(F)c(C)c(F)cc4c3)OC2)cc1. The highest BCUT2D eigenvalue weighted by Crippen LogP contribution is 2.30. The van der Waals surface area contributed by atoms with E-state index in [0.29, 0.717) is 16.7 Å². The number of benzene rings is 3. The highest BCUT2D eigenvalue weighted by Gasteiger charge is 2.23. The fraction of sp³-hybridized carbons (Fsp3) is 0.385. The average Bonchev–Trinajstić information content (AvgIpc) is 2.69. The summed E-state index contributed by atoms with van der Waals surface area (Å²) in [5.41, 5.74) is 4.68. The van der Waals surface area contributed by atoms with Crippen LogP contribution in [0.3, 0.4) is 0 Å². The van der Waals surface area contributed by atoms with Crippen molar-refractivity contribution in [3.63, 3.8) is 0 Å². The van der Waals surface area contributed by atoms with Gasteiger partial charge in [-0.05, 0) is 80.5 Å². The van der Waals surface area contributed by atoms with Gasteiger partial charge >= 0.3 is 0 Å². The summed E-state index contributed by atoms with van der Waals surface area (Å²) in [6, 6.07) is 14.1. The van der Waals surface area contributed by atoms with Crippen LogP contribution in [0.1, 0.15) is 40.7 Å². The Balaban J connectivity index is 1.42. The Morgan fingerprint density at radius 1 is 0.897 bits per heavy atom. The van der Waals surface area contributed by atoms with Crippen molar-refractivity contribution in [1.82, 2.24) is 0 Å². The first-order chi connectivity index (χ1) is 13.9. The Morgan fingerprint density at radius 2 is 1.66 bits per heavy atom. The normalized spacial score (nSPS) is 19.6. The van der Waals surface area contributed by atoms with Gasteiger partial charge in [0.1, 0.15) is 11.6 Å². The number of halogens is 2. The van der Waals surface area contributed by atoms with Crippen molar-refractivity contribution >= 4 is 10.8 Å². The van der Waals surface area contributed by atoms with E-state index >= 15 is 0 Å². The second kappa shape index (κ2) is 8.23. The van der Waals surface area contributed by atoms with Gasteiger partial charge in [-0.3, -0.25) is 0 Å². The minimum atomic E-state index is -0.487. The van der Waals surface area contributed by atoms with Crippen LogP contribution in [0.2, 0.25) is 0 Å². The molecule has 1 fully saturated rings. The van der Waals surface area contributed by atoms with Crippen LogP contribution in [0.4, 0.5) is 8.78 Å². The number of rotatable bonds is 4. The van der Waals surface area contributed by atoms with E-state index < -0.39 is 11.6 Å². The predicted molar refractivity (Wildman–Crippen MR) is 114 cm³/mol. The summed E-state index contributed by atoms with van der Waals surface area (Å²) in [6.45, 7) is 6.26. The molecular weight excluding hydrogens is 366 g/mol. The Bertz CT molecular complexity index is 1020. The van der Waals surface area contributed by atoms with Gasteiger partial charge in [-0.2, -0.15) is 0 Å². The van der Waals surface area contributed by atoms with Gasteiger partial charge in [-0.25, -0.2) is 8.78 Å². The van der Waals surface area contributed by atoms with Gasteiger partial charge in [0.25, 0.3) is 0 Å². The van der Waals surface area contributed by atoms with Gasteiger partial charge < -0.3 is 4.74 Å². The number of ether oxygens (including phenoxy) is 1. The molecule has 4 rings (SSSR count). The molecule has 0 aromatic heterocycles. The van der Waals surface area contributed by atoms with E-state index in [1.165, 1.54) is 24.1 Å². The molecule has 0 saturated carbocycles. The molecule has 152 valence electrons. The zero-order valence-electron chi connectivity index (χ0n) is 17.4. The summed E-state index contributed by atoms with van der Waals surface area (Å²) in [6.07, 6.45) is 4.17. The van der Waals surface area contributed by atoms with Gasteiger partial charge in [-0.15, -0.1) is 0 Å². The maximum atomic E-state index is 14.5. The Labute approximate surface area is 171 Å². The van der Waals surface area contributed by atoms with Crippen LogP contribution < -0.4 is 0 Å². The lowest BCUT2D eigenvalue weighted by molar-refractivity contribution is -0.0147. The summed E-state index contributed by atoms with van der Waals surface area (Å²) in [5, 5.41) is 1.16. The molecule has 0 spiro atoms. The Kier molecular flexibility index (Phi) is 5.69. The molecule has 0 amide bonds. The summed E-state index contributed by atoms with van der Waals surface area (Å²) < 4.78 is 34.7. The molecule has 0 N–H and O–H groups in total. The molecule has 1 aliphatic rings. The molecule has 1 heterocycles. The van der Waals surface area contributed by atoms with E-state index in [2.05, 4.69) is 31.2 Å². The van der Waals surface area contributed by atoms with Crippen LogP contribution in [0.15, 0.2) is 42.5 Å². The molecule has 0 bridgehead atoms. The molecule has 0 radical (unpaired) electrons. The van der Waals surface area contributed by atoms with Crippen LogP contribution in [0, 0.1) is 38.3 Å². The van der Waals surface area contributed by atoms with Gasteiger partial charge in [-0.1, -0.05) is 42.0 Å². The lowest BCUT2D eigenvalue weighted by Gasteiger charge is -2.29. The van der Waals surface area contributed by atoms with Crippen molar-refractivity contribution < 1.29 is 13.5 Å². The van der Waals surface area contributed by atoms with Crippen molar-refractivity contribution in [1.29, 1.82) is 0 Å². The van der Waals surface area contributed by atoms with E-state index in [-0.39, 0.29) is 11.7 Å². The van der Waals surface area contributed by atoms with Gasteiger partial charge in [0, 0.05) is 10.9 Å². The van der Waals surface area contributed by atoms with Crippen molar-refractivity contribution in [3.05, 3.63) is 81.9 Å². The zero-order valence-corrected chi connectivity index (χ0v) is 17.4. The first-order valence-corrected chi connectivity index (χ1v) is 10.5. The summed E-state index contributed by atoms with van der Waals surface area (Å²) in [4.78, 5) is 0. The number of hydrogen-bond acceptors (Lipinski definition) is 1. The Morgan fingerprint density at radius 3 is 2.34 bits per heavy atom. The molecule has 3 aromatic rings. The standard InChI is InChI=1S/C26H28F2O/c1-16-4-6-19(7-5-16)11-20-8-9-23(29-15-20)13-21-10-17(2)25-22(12-21)14-24(27)18(3)26(25)28/h4-7,10,12,14,20,23H,8-9,11,13,15H2,1-3H3. The number of fused-ring (bicyclic) bond motifs is 1. The monoisotopic (exact) mass is 394 g/mol. The summed E-state index contributed by atoms with van der Waals surface area (Å²) in [5.74, 6) is -0.380. The lowest BCUT2D eigenvalue weighted by Crippen LogP contribution is -2.28. The maximum absolute atomic E-state index is 14.5. The smallest absolute Gasteiger partial charge is 0.137 e. The predicted octanol–water partition coefficient (Wildman–Crippen LogP) is 6.62. The van der Waals surface area contributed by atoms with Crippen molar-refractivity contribution in [2.75, 3.05) is 6.61 Å². The second-order valence-electron chi connectivity index (χ2n) is 8.60. The fourth-order valence-electron chi connectivity index (χ4n) is 4.46. The van der Waals surface area contributed by atoms with Gasteiger partial charge in [0.05, 0.1) is 12.7 Å². The highest BCUT2D eigenvalue weighted by molar-refractivity contribution is 5.87. The third-order valence-corrected chi connectivity index (χ3v) is 6.19. The molecule has 1 nitrogen and oxygen atoms in total. The van der Waals surface area contributed by atoms with Crippen molar-refractivity contribution in [3.8, 4) is 0 Å². The van der Waals surface area contributed by atoms with E-state index in [1.54, 1.807) is 0 Å². The minimum absolute atomic E-state index is 0.0867. The van der Waals surface area contributed by atoms with Crippen LogP contribution in [0.5, 0.6) is 0 Å². The summed E-state index contributed by atoms with van der Waals surface area (Å²) >= 11 is 0. The van der Waals surface area contributed by atoms with Crippen molar-refractivity contribution in [2.45, 2.75) is 52.6 Å². The topological polar surface area (TPSA) is 9.23 Å². The van der Waals surface area contributed by atoms with Gasteiger partial charge in [0.2, 0.25) is 0 Å². The third kappa shape index (κ3) is 4.35. The van der Waals surface area contributed by atoms with Crippen LogP contribution >= 0.6 is 0 Å². The second-order valence-corrected chi connectivity index (χ2v) is 8.60. The lowest BCUT2D eigenvalue weighted by atomic mass is 9.89. The van der Waals surface area contributed by atoms with E-state index in [1.807, 2.05) is 19.1 Å². The highest BCUT2D eigenvalue weighted by atomic mass is 19.1. The molecular formula is C26H28F2O. The summed E-state index contributed by atoms with van der Waals surface area (Å²) in [7, 11) is 0. The largest absolute Gasteiger partial charge is 0.378 e. The van der Waals surface area contributed by atoms with Crippen molar-refractivity contribution in [2.24, 2.45) is 5.92 Å². The number of hydrogen-bond donors (Lipinski definition) is 0. The van der Waals surface area contributed by atoms with E-state index in [9.17, 15) is 8.78 Å². The van der Waals surface area contributed by atoms with Crippen LogP contribution in [0.25, 0.3) is 10.8 Å². The van der Waals surface area contributed by atoms with E-state index in [4.69, 9.17) is 4.74 Å². The quantitative estimate of drug-likeness (QED) is 0.483. The van der Waals surface area contributed by atoms with Gasteiger partial charge in [0.15, 0.2) is 0 Å². The third-order valence-electron chi connectivity index (χ3n) is 6.19. The number of aryl methyl sites for hydroxylation is 2. The molecule has 3 heteroatoms. The minimum Gasteiger partial charge on any atom is -0.378 e. The molecule has 1 aliphatic heterocycles.